The quantitative estimate of drug-likeness (QED) is 0.753. The molecule has 27 heavy (non-hydrogen) atoms. The van der Waals surface area contributed by atoms with Gasteiger partial charge >= 0.3 is 6.03 Å². The van der Waals surface area contributed by atoms with E-state index >= 15 is 0 Å². The van der Waals surface area contributed by atoms with Crippen molar-refractivity contribution in [2.75, 3.05) is 32.8 Å². The Bertz CT molecular complexity index is 639. The number of likely N-dealkylation sites (tertiary alicyclic amines) is 1. The summed E-state index contributed by atoms with van der Waals surface area (Å²) in [5.74, 6) is -0.0436. The van der Waals surface area contributed by atoms with Gasteiger partial charge in [-0.05, 0) is 48.8 Å². The number of ether oxygens (including phenoxy) is 1. The van der Waals surface area contributed by atoms with E-state index in [1.165, 1.54) is 0 Å². The van der Waals surface area contributed by atoms with Crippen LogP contribution in [0.25, 0.3) is 0 Å². The number of nitrogens with one attached hydrogen (secondary N) is 2. The van der Waals surface area contributed by atoms with Gasteiger partial charge < -0.3 is 20.3 Å². The summed E-state index contributed by atoms with van der Waals surface area (Å²) < 4.78 is 5.46. The Morgan fingerprint density at radius 3 is 2.56 bits per heavy atom. The van der Waals surface area contributed by atoms with E-state index in [0.717, 1.165) is 64.0 Å². The van der Waals surface area contributed by atoms with Gasteiger partial charge in [-0.3, -0.25) is 4.79 Å². The third kappa shape index (κ3) is 5.22. The minimum atomic E-state index is -0.0436. The van der Waals surface area contributed by atoms with Crippen LogP contribution in [-0.2, 0) is 11.3 Å². The number of carbonyl (C=O) groups excluding carboxylic acids is 2. The van der Waals surface area contributed by atoms with Crippen molar-refractivity contribution in [3.8, 4) is 0 Å². The Morgan fingerprint density at radius 1 is 1.11 bits per heavy atom. The van der Waals surface area contributed by atoms with Crippen molar-refractivity contribution in [1.82, 2.24) is 15.5 Å². The second-order valence-electron chi connectivity index (χ2n) is 7.75. The molecule has 2 saturated heterocycles. The van der Waals surface area contributed by atoms with Crippen LogP contribution in [0.5, 0.6) is 0 Å². The molecule has 2 fully saturated rings. The molecule has 0 bridgehead atoms. The minimum absolute atomic E-state index is 0.000230. The largest absolute Gasteiger partial charge is 0.381 e. The number of carbonyl (C=O) groups is 2. The molecule has 0 saturated carbocycles. The number of nitrogens with zero attached hydrogens (tertiary/aromatic N) is 1. The van der Waals surface area contributed by atoms with Gasteiger partial charge in [-0.25, -0.2) is 4.79 Å². The fourth-order valence-electron chi connectivity index (χ4n) is 3.87. The summed E-state index contributed by atoms with van der Waals surface area (Å²) >= 11 is 0. The Hall–Kier alpha value is -2.08. The molecule has 148 valence electrons. The second-order valence-corrected chi connectivity index (χ2v) is 7.75. The summed E-state index contributed by atoms with van der Waals surface area (Å²) in [6.07, 6.45) is 5.23. The Labute approximate surface area is 161 Å². The van der Waals surface area contributed by atoms with Crippen LogP contribution in [0, 0.1) is 5.41 Å². The molecule has 1 aromatic carbocycles. The van der Waals surface area contributed by atoms with E-state index in [4.69, 9.17) is 4.74 Å². The van der Waals surface area contributed by atoms with Gasteiger partial charge in [0.05, 0.1) is 0 Å². The summed E-state index contributed by atoms with van der Waals surface area (Å²) in [5, 5.41) is 5.92. The molecule has 1 spiro atoms. The Morgan fingerprint density at radius 2 is 1.85 bits per heavy atom. The first-order chi connectivity index (χ1) is 13.1. The number of hydrogen-bond donors (Lipinski definition) is 2. The lowest BCUT2D eigenvalue weighted by Crippen LogP contribution is -2.40. The number of rotatable bonds is 6. The number of hydrogen-bond acceptors (Lipinski definition) is 3. The van der Waals surface area contributed by atoms with Crippen LogP contribution in [-0.4, -0.2) is 49.7 Å². The molecule has 0 aliphatic carbocycles. The van der Waals surface area contributed by atoms with Crippen molar-refractivity contribution in [2.24, 2.45) is 5.41 Å². The average Bonchev–Trinajstić information content (AvgIpc) is 3.10. The van der Waals surface area contributed by atoms with Gasteiger partial charge in [-0.2, -0.15) is 0 Å². The third-order valence-corrected chi connectivity index (χ3v) is 5.75. The second kappa shape index (κ2) is 9.22. The lowest BCUT2D eigenvalue weighted by Gasteiger charge is -2.33. The standard InChI is InChI=1S/C21H31N3O3/c1-2-3-11-22-19(25)18-6-4-17(5-7-18)15-23-20(26)24-12-8-21(16-24)9-13-27-14-10-21/h4-7H,2-3,8-16H2,1H3,(H,22,25)(H,23,26). The molecule has 2 N–H and O–H groups in total. The molecule has 3 amide bonds. The number of urea groups is 1. The summed E-state index contributed by atoms with van der Waals surface area (Å²) in [7, 11) is 0. The predicted molar refractivity (Wildman–Crippen MR) is 105 cm³/mol. The summed E-state index contributed by atoms with van der Waals surface area (Å²) in [6.45, 7) is 6.56. The molecule has 0 aromatic heterocycles. The van der Waals surface area contributed by atoms with Crippen LogP contribution in [0.1, 0.15) is 54.9 Å². The van der Waals surface area contributed by atoms with Gasteiger partial charge in [0.25, 0.3) is 5.91 Å². The van der Waals surface area contributed by atoms with Gasteiger partial charge in [0.1, 0.15) is 0 Å². The van der Waals surface area contributed by atoms with Crippen LogP contribution in [0.4, 0.5) is 4.79 Å². The number of benzene rings is 1. The summed E-state index contributed by atoms with van der Waals surface area (Å²) in [4.78, 5) is 26.4. The highest BCUT2D eigenvalue weighted by Gasteiger charge is 2.40. The van der Waals surface area contributed by atoms with Crippen LogP contribution in [0.15, 0.2) is 24.3 Å². The SMILES string of the molecule is CCCCNC(=O)c1ccc(CNC(=O)N2CCC3(CCOCC3)C2)cc1. The van der Waals surface area contributed by atoms with Gasteiger partial charge in [-0.1, -0.05) is 25.5 Å². The fourth-order valence-corrected chi connectivity index (χ4v) is 3.87. The first-order valence-corrected chi connectivity index (χ1v) is 10.1. The zero-order valence-electron chi connectivity index (χ0n) is 16.3. The van der Waals surface area contributed by atoms with Crippen molar-refractivity contribution in [2.45, 2.75) is 45.6 Å². The average molecular weight is 373 g/mol. The van der Waals surface area contributed by atoms with Crippen LogP contribution < -0.4 is 10.6 Å². The minimum Gasteiger partial charge on any atom is -0.381 e. The lowest BCUT2D eigenvalue weighted by atomic mass is 9.80. The maximum absolute atomic E-state index is 12.5. The first kappa shape index (κ1) is 19.7. The summed E-state index contributed by atoms with van der Waals surface area (Å²) in [5.41, 5.74) is 1.91. The van der Waals surface area contributed by atoms with Crippen LogP contribution in [0.2, 0.25) is 0 Å². The Kier molecular flexibility index (Phi) is 6.72. The van der Waals surface area contributed by atoms with E-state index in [-0.39, 0.29) is 17.4 Å². The maximum Gasteiger partial charge on any atom is 0.317 e. The van der Waals surface area contributed by atoms with Gasteiger partial charge in [-0.15, -0.1) is 0 Å². The highest BCUT2D eigenvalue weighted by molar-refractivity contribution is 5.94. The molecule has 1 aromatic rings. The predicted octanol–water partition coefficient (Wildman–Crippen LogP) is 2.93. The smallest absolute Gasteiger partial charge is 0.317 e. The molecule has 2 aliphatic heterocycles. The van der Waals surface area contributed by atoms with E-state index in [1.54, 1.807) is 0 Å². The van der Waals surface area contributed by atoms with E-state index in [0.29, 0.717) is 18.7 Å². The van der Waals surface area contributed by atoms with Crippen LogP contribution >= 0.6 is 0 Å². The Balaban J connectivity index is 1.44. The highest BCUT2D eigenvalue weighted by atomic mass is 16.5. The highest BCUT2D eigenvalue weighted by Crippen LogP contribution is 2.39. The van der Waals surface area contributed by atoms with Crippen LogP contribution in [0.3, 0.4) is 0 Å². The molecule has 2 aliphatic rings. The molecule has 6 heteroatoms. The molecule has 0 unspecified atom stereocenters. The van der Waals surface area contributed by atoms with Gasteiger partial charge in [0.2, 0.25) is 0 Å². The van der Waals surface area contributed by atoms with Crippen molar-refractivity contribution in [1.29, 1.82) is 0 Å². The van der Waals surface area contributed by atoms with Crippen molar-refractivity contribution < 1.29 is 14.3 Å². The molecule has 0 radical (unpaired) electrons. The molecule has 6 nitrogen and oxygen atoms in total. The molecule has 2 heterocycles. The monoisotopic (exact) mass is 373 g/mol. The zero-order valence-corrected chi connectivity index (χ0v) is 16.3. The zero-order chi connectivity index (χ0) is 19.1. The van der Waals surface area contributed by atoms with E-state index in [2.05, 4.69) is 17.6 Å². The lowest BCUT2D eigenvalue weighted by molar-refractivity contribution is 0.0208. The maximum atomic E-state index is 12.5. The van der Waals surface area contributed by atoms with E-state index < -0.39 is 0 Å². The number of unbranched alkanes of at least 4 members (excludes halogenated alkanes) is 1. The van der Waals surface area contributed by atoms with Gasteiger partial charge in [0.15, 0.2) is 0 Å². The molecular weight excluding hydrogens is 342 g/mol. The topological polar surface area (TPSA) is 70.7 Å². The molecular formula is C21H31N3O3. The van der Waals surface area contributed by atoms with Crippen molar-refractivity contribution >= 4 is 11.9 Å². The first-order valence-electron chi connectivity index (χ1n) is 10.1. The number of amides is 3. The third-order valence-electron chi connectivity index (χ3n) is 5.75. The molecule has 3 rings (SSSR count). The fraction of sp³-hybridized carbons (Fsp3) is 0.619. The normalized spacial score (nSPS) is 18.5. The summed E-state index contributed by atoms with van der Waals surface area (Å²) in [6, 6.07) is 7.43. The van der Waals surface area contributed by atoms with Crippen molar-refractivity contribution in [3.05, 3.63) is 35.4 Å². The molecule has 0 atom stereocenters. The van der Waals surface area contributed by atoms with Crippen molar-refractivity contribution in [3.63, 3.8) is 0 Å². The van der Waals surface area contributed by atoms with E-state index in [1.807, 2.05) is 29.2 Å². The van der Waals surface area contributed by atoms with Gasteiger partial charge in [0, 0.05) is 45.0 Å². The van der Waals surface area contributed by atoms with E-state index in [9.17, 15) is 9.59 Å².